The van der Waals surface area contributed by atoms with Gasteiger partial charge in [0.25, 0.3) is 5.91 Å². The first kappa shape index (κ1) is 14.7. The van der Waals surface area contributed by atoms with Crippen molar-refractivity contribution in [1.29, 1.82) is 0 Å². The highest BCUT2D eigenvalue weighted by atomic mass is 16.1. The lowest BCUT2D eigenvalue weighted by Crippen LogP contribution is -2.26. The fraction of sp³-hybridized carbons (Fsp3) is 0.562. The summed E-state index contributed by atoms with van der Waals surface area (Å²) in [6, 6.07) is 6.00. The number of amides is 1. The first-order valence-corrected chi connectivity index (χ1v) is 7.54. The molecular formula is C16H25N3O. The average molecular weight is 275 g/mol. The molecule has 1 aliphatic rings. The highest BCUT2D eigenvalue weighted by molar-refractivity contribution is 5.96. The quantitative estimate of drug-likeness (QED) is 0.740. The molecule has 4 heteroatoms. The van der Waals surface area contributed by atoms with E-state index in [-0.39, 0.29) is 5.91 Å². The van der Waals surface area contributed by atoms with Gasteiger partial charge in [-0.2, -0.15) is 0 Å². The molecule has 0 aromatic heterocycles. The van der Waals surface area contributed by atoms with Crippen LogP contribution in [-0.2, 0) is 0 Å². The highest BCUT2D eigenvalue weighted by Gasteiger charge is 2.18. The summed E-state index contributed by atoms with van der Waals surface area (Å²) in [5.41, 5.74) is 8.26. The summed E-state index contributed by atoms with van der Waals surface area (Å²) in [6.07, 6.45) is 4.93. The maximum Gasteiger partial charge on any atom is 0.251 e. The molecule has 0 spiro atoms. The summed E-state index contributed by atoms with van der Waals surface area (Å²) in [4.78, 5) is 11.7. The number of carbonyl (C=O) groups excluding carboxylic acids is 1. The second kappa shape index (κ2) is 6.64. The fourth-order valence-electron chi connectivity index (χ4n) is 2.72. The van der Waals surface area contributed by atoms with Gasteiger partial charge < -0.3 is 16.4 Å². The Morgan fingerprint density at radius 2 is 2.00 bits per heavy atom. The van der Waals surface area contributed by atoms with Crippen LogP contribution in [0.15, 0.2) is 18.2 Å². The number of nitrogen functional groups attached to an aromatic ring is 1. The van der Waals surface area contributed by atoms with Crippen molar-refractivity contribution in [2.75, 3.05) is 17.6 Å². The number of nitrogens with two attached hydrogens (primary N) is 1. The van der Waals surface area contributed by atoms with E-state index in [9.17, 15) is 4.79 Å². The molecule has 1 fully saturated rings. The van der Waals surface area contributed by atoms with E-state index < -0.39 is 0 Å². The summed E-state index contributed by atoms with van der Waals surface area (Å²) < 4.78 is 0. The number of rotatable bonds is 4. The summed E-state index contributed by atoms with van der Waals surface area (Å²) >= 11 is 0. The summed E-state index contributed by atoms with van der Waals surface area (Å²) in [7, 11) is 0. The van der Waals surface area contributed by atoms with Crippen molar-refractivity contribution in [1.82, 2.24) is 5.32 Å². The van der Waals surface area contributed by atoms with Crippen LogP contribution in [0.5, 0.6) is 0 Å². The third-order valence-corrected chi connectivity index (χ3v) is 4.03. The summed E-state index contributed by atoms with van der Waals surface area (Å²) in [5.74, 6) is 0.766. The van der Waals surface area contributed by atoms with Crippen LogP contribution < -0.4 is 16.4 Å². The predicted molar refractivity (Wildman–Crippen MR) is 83.9 cm³/mol. The number of hydrogen-bond donors (Lipinski definition) is 3. The second-order valence-electron chi connectivity index (χ2n) is 5.76. The Kier molecular flexibility index (Phi) is 4.88. The lowest BCUT2D eigenvalue weighted by Gasteiger charge is -2.28. The second-order valence-corrected chi connectivity index (χ2v) is 5.76. The number of benzene rings is 1. The first-order chi connectivity index (χ1) is 9.60. The van der Waals surface area contributed by atoms with E-state index in [0.29, 0.717) is 23.8 Å². The molecule has 1 aromatic carbocycles. The van der Waals surface area contributed by atoms with E-state index in [1.807, 2.05) is 19.1 Å². The minimum Gasteiger partial charge on any atom is -0.397 e. The number of anilines is 2. The predicted octanol–water partition coefficient (Wildman–Crippen LogP) is 3.01. The topological polar surface area (TPSA) is 67.2 Å². The molecular weight excluding hydrogens is 250 g/mol. The normalized spacial score (nSPS) is 22.3. The molecule has 0 bridgehead atoms. The Balaban J connectivity index is 2.00. The molecule has 1 aromatic rings. The van der Waals surface area contributed by atoms with Gasteiger partial charge in [0.05, 0.1) is 11.4 Å². The van der Waals surface area contributed by atoms with Crippen LogP contribution in [0.4, 0.5) is 11.4 Å². The molecule has 4 nitrogen and oxygen atoms in total. The molecule has 2 rings (SSSR count). The van der Waals surface area contributed by atoms with Gasteiger partial charge in [0.1, 0.15) is 0 Å². The van der Waals surface area contributed by atoms with E-state index in [1.165, 1.54) is 25.7 Å². The van der Waals surface area contributed by atoms with Gasteiger partial charge >= 0.3 is 0 Å². The minimum absolute atomic E-state index is 0.0720. The SMILES string of the molecule is CCNC(=O)c1ccc(NC2CCC(C)CC2)c(N)c1. The fourth-order valence-corrected chi connectivity index (χ4v) is 2.72. The van der Waals surface area contributed by atoms with Gasteiger partial charge in [-0.1, -0.05) is 6.92 Å². The van der Waals surface area contributed by atoms with Crippen LogP contribution >= 0.6 is 0 Å². The van der Waals surface area contributed by atoms with Crippen molar-refractivity contribution in [3.05, 3.63) is 23.8 Å². The molecule has 110 valence electrons. The van der Waals surface area contributed by atoms with Crippen molar-refractivity contribution in [2.45, 2.75) is 45.6 Å². The van der Waals surface area contributed by atoms with Crippen molar-refractivity contribution in [3.63, 3.8) is 0 Å². The van der Waals surface area contributed by atoms with Crippen LogP contribution in [0, 0.1) is 5.92 Å². The van der Waals surface area contributed by atoms with Gasteiger partial charge in [0.15, 0.2) is 0 Å². The zero-order valence-electron chi connectivity index (χ0n) is 12.4. The molecule has 0 radical (unpaired) electrons. The van der Waals surface area contributed by atoms with E-state index in [1.54, 1.807) is 6.07 Å². The van der Waals surface area contributed by atoms with Crippen molar-refractivity contribution >= 4 is 17.3 Å². The number of hydrogen-bond acceptors (Lipinski definition) is 3. The third-order valence-electron chi connectivity index (χ3n) is 4.03. The molecule has 0 heterocycles. The van der Waals surface area contributed by atoms with Gasteiger partial charge in [-0.15, -0.1) is 0 Å². The smallest absolute Gasteiger partial charge is 0.251 e. The van der Waals surface area contributed by atoms with E-state index >= 15 is 0 Å². The van der Waals surface area contributed by atoms with Gasteiger partial charge in [-0.3, -0.25) is 4.79 Å². The lowest BCUT2D eigenvalue weighted by molar-refractivity contribution is 0.0956. The molecule has 0 atom stereocenters. The Hall–Kier alpha value is -1.71. The zero-order valence-corrected chi connectivity index (χ0v) is 12.4. The third kappa shape index (κ3) is 3.65. The maximum absolute atomic E-state index is 11.7. The Morgan fingerprint density at radius 1 is 1.30 bits per heavy atom. The molecule has 1 saturated carbocycles. The van der Waals surface area contributed by atoms with Crippen molar-refractivity contribution in [3.8, 4) is 0 Å². The van der Waals surface area contributed by atoms with Gasteiger partial charge in [0, 0.05) is 18.2 Å². The molecule has 20 heavy (non-hydrogen) atoms. The number of nitrogens with one attached hydrogen (secondary N) is 2. The van der Waals surface area contributed by atoms with Crippen LogP contribution in [0.1, 0.15) is 49.9 Å². The van der Waals surface area contributed by atoms with E-state index in [0.717, 1.165) is 11.6 Å². The van der Waals surface area contributed by atoms with Crippen molar-refractivity contribution < 1.29 is 4.79 Å². The van der Waals surface area contributed by atoms with E-state index in [2.05, 4.69) is 17.6 Å². The molecule has 4 N–H and O–H groups in total. The minimum atomic E-state index is -0.0720. The lowest BCUT2D eigenvalue weighted by atomic mass is 9.87. The first-order valence-electron chi connectivity index (χ1n) is 7.54. The molecule has 1 amide bonds. The maximum atomic E-state index is 11.7. The van der Waals surface area contributed by atoms with E-state index in [4.69, 9.17) is 5.73 Å². The standard InChI is InChI=1S/C16H25N3O/c1-3-18-16(20)12-6-9-15(14(17)10-12)19-13-7-4-11(2)5-8-13/h6,9-11,13,19H,3-5,7-8,17H2,1-2H3,(H,18,20). The van der Waals surface area contributed by atoms with Gasteiger partial charge in [-0.25, -0.2) is 0 Å². The zero-order chi connectivity index (χ0) is 14.5. The van der Waals surface area contributed by atoms with Crippen molar-refractivity contribution in [2.24, 2.45) is 5.92 Å². The van der Waals surface area contributed by atoms with Gasteiger partial charge in [0.2, 0.25) is 0 Å². The van der Waals surface area contributed by atoms with Crippen LogP contribution in [-0.4, -0.2) is 18.5 Å². The molecule has 0 saturated heterocycles. The summed E-state index contributed by atoms with van der Waals surface area (Å²) in [6.45, 7) is 4.84. The summed E-state index contributed by atoms with van der Waals surface area (Å²) in [5, 5.41) is 6.29. The molecule has 1 aliphatic carbocycles. The molecule has 0 unspecified atom stereocenters. The largest absolute Gasteiger partial charge is 0.397 e. The van der Waals surface area contributed by atoms with Gasteiger partial charge in [-0.05, 0) is 56.7 Å². The van der Waals surface area contributed by atoms with Crippen LogP contribution in [0.25, 0.3) is 0 Å². The average Bonchev–Trinajstić information content (AvgIpc) is 2.43. The van der Waals surface area contributed by atoms with Crippen LogP contribution in [0.2, 0.25) is 0 Å². The monoisotopic (exact) mass is 275 g/mol. The molecule has 0 aliphatic heterocycles. The Morgan fingerprint density at radius 3 is 2.60 bits per heavy atom. The highest BCUT2D eigenvalue weighted by Crippen LogP contribution is 2.28. The Labute approximate surface area is 121 Å². The number of carbonyl (C=O) groups is 1. The Bertz CT molecular complexity index is 465. The van der Waals surface area contributed by atoms with Crippen LogP contribution in [0.3, 0.4) is 0 Å².